The molecular weight excluding hydrogens is 248 g/mol. The van der Waals surface area contributed by atoms with Gasteiger partial charge in [-0.15, -0.1) is 0 Å². The molecule has 2 N–H and O–H groups in total. The standard InChI is InChI=1S/C14H21ClN2O/c1-10(2)16-9-14(18)17-11(3)7-12-5-4-6-13(15)8-12/h4-6,8,10-11,16H,7,9H2,1-3H3,(H,17,18). The Balaban J connectivity index is 2.37. The third kappa shape index (κ3) is 6.03. The van der Waals surface area contributed by atoms with Crippen LogP contribution in [0.1, 0.15) is 26.3 Å². The molecule has 0 saturated carbocycles. The van der Waals surface area contributed by atoms with Crippen LogP contribution in [0, 0.1) is 0 Å². The molecule has 0 radical (unpaired) electrons. The third-order valence-corrected chi connectivity index (χ3v) is 2.74. The zero-order valence-corrected chi connectivity index (χ0v) is 11.9. The molecule has 0 aliphatic heterocycles. The van der Waals surface area contributed by atoms with Crippen LogP contribution in [-0.2, 0) is 11.2 Å². The second-order valence-corrected chi connectivity index (χ2v) is 5.27. The molecule has 18 heavy (non-hydrogen) atoms. The van der Waals surface area contributed by atoms with Crippen molar-refractivity contribution in [1.29, 1.82) is 0 Å². The van der Waals surface area contributed by atoms with E-state index in [1.54, 1.807) is 0 Å². The van der Waals surface area contributed by atoms with Crippen LogP contribution in [0.2, 0.25) is 5.02 Å². The largest absolute Gasteiger partial charge is 0.352 e. The normalized spacial score (nSPS) is 12.5. The summed E-state index contributed by atoms with van der Waals surface area (Å²) in [6.45, 7) is 6.39. The quantitative estimate of drug-likeness (QED) is 0.832. The minimum Gasteiger partial charge on any atom is -0.352 e. The first-order chi connectivity index (χ1) is 8.47. The molecule has 0 aliphatic carbocycles. The fraction of sp³-hybridized carbons (Fsp3) is 0.500. The fourth-order valence-electron chi connectivity index (χ4n) is 1.69. The van der Waals surface area contributed by atoms with E-state index in [1.165, 1.54) is 0 Å². The van der Waals surface area contributed by atoms with Gasteiger partial charge in [0.1, 0.15) is 0 Å². The molecule has 1 aromatic carbocycles. The molecule has 1 aromatic rings. The zero-order chi connectivity index (χ0) is 13.5. The molecule has 1 unspecified atom stereocenters. The average Bonchev–Trinajstić information content (AvgIpc) is 2.26. The number of rotatable bonds is 6. The van der Waals surface area contributed by atoms with Crippen molar-refractivity contribution >= 4 is 17.5 Å². The van der Waals surface area contributed by atoms with E-state index in [-0.39, 0.29) is 11.9 Å². The van der Waals surface area contributed by atoms with Crippen LogP contribution in [-0.4, -0.2) is 24.5 Å². The summed E-state index contributed by atoms with van der Waals surface area (Å²) in [4.78, 5) is 11.6. The predicted octanol–water partition coefficient (Wildman–Crippen LogP) is 2.39. The van der Waals surface area contributed by atoms with Gasteiger partial charge in [0.05, 0.1) is 6.54 Å². The van der Waals surface area contributed by atoms with Crippen LogP contribution in [0.15, 0.2) is 24.3 Å². The predicted molar refractivity (Wildman–Crippen MR) is 75.9 cm³/mol. The molecule has 1 amide bonds. The molecule has 100 valence electrons. The Morgan fingerprint density at radius 1 is 1.33 bits per heavy atom. The highest BCUT2D eigenvalue weighted by molar-refractivity contribution is 6.30. The van der Waals surface area contributed by atoms with Gasteiger partial charge < -0.3 is 10.6 Å². The van der Waals surface area contributed by atoms with Crippen LogP contribution in [0.3, 0.4) is 0 Å². The van der Waals surface area contributed by atoms with Gasteiger partial charge in [0.15, 0.2) is 0 Å². The molecule has 0 fully saturated rings. The minimum absolute atomic E-state index is 0.0261. The van der Waals surface area contributed by atoms with E-state index in [1.807, 2.05) is 45.0 Å². The van der Waals surface area contributed by atoms with Crippen LogP contribution in [0.5, 0.6) is 0 Å². The molecule has 0 saturated heterocycles. The van der Waals surface area contributed by atoms with Crippen molar-refractivity contribution < 1.29 is 4.79 Å². The number of amides is 1. The Labute approximate surface area is 114 Å². The molecule has 0 bridgehead atoms. The highest BCUT2D eigenvalue weighted by Crippen LogP contribution is 2.12. The van der Waals surface area contributed by atoms with Gasteiger partial charge in [-0.05, 0) is 31.0 Å². The number of hydrogen-bond acceptors (Lipinski definition) is 2. The van der Waals surface area contributed by atoms with Crippen LogP contribution < -0.4 is 10.6 Å². The van der Waals surface area contributed by atoms with Crippen molar-refractivity contribution in [2.75, 3.05) is 6.54 Å². The Bertz CT molecular complexity index is 393. The molecule has 4 heteroatoms. The topological polar surface area (TPSA) is 41.1 Å². The first-order valence-corrected chi connectivity index (χ1v) is 6.62. The first-order valence-electron chi connectivity index (χ1n) is 6.24. The lowest BCUT2D eigenvalue weighted by Crippen LogP contribution is -2.41. The number of halogens is 1. The monoisotopic (exact) mass is 268 g/mol. The Morgan fingerprint density at radius 3 is 2.67 bits per heavy atom. The van der Waals surface area contributed by atoms with Crippen LogP contribution >= 0.6 is 11.6 Å². The van der Waals surface area contributed by atoms with Gasteiger partial charge >= 0.3 is 0 Å². The van der Waals surface area contributed by atoms with Gasteiger partial charge in [-0.25, -0.2) is 0 Å². The highest BCUT2D eigenvalue weighted by Gasteiger charge is 2.08. The summed E-state index contributed by atoms with van der Waals surface area (Å²) >= 11 is 5.92. The van der Waals surface area contributed by atoms with E-state index in [2.05, 4.69) is 10.6 Å². The molecule has 0 aliphatic rings. The molecular formula is C14H21ClN2O. The van der Waals surface area contributed by atoms with Crippen molar-refractivity contribution in [2.45, 2.75) is 39.3 Å². The van der Waals surface area contributed by atoms with E-state index in [4.69, 9.17) is 11.6 Å². The SMILES string of the molecule is CC(C)NCC(=O)NC(C)Cc1cccc(Cl)c1. The number of nitrogens with one attached hydrogen (secondary N) is 2. The van der Waals surface area contributed by atoms with Gasteiger partial charge in [-0.1, -0.05) is 37.6 Å². The fourth-order valence-corrected chi connectivity index (χ4v) is 1.90. The Morgan fingerprint density at radius 2 is 2.06 bits per heavy atom. The highest BCUT2D eigenvalue weighted by atomic mass is 35.5. The minimum atomic E-state index is 0.0261. The van der Waals surface area contributed by atoms with E-state index >= 15 is 0 Å². The average molecular weight is 269 g/mol. The van der Waals surface area contributed by atoms with Crippen molar-refractivity contribution in [3.63, 3.8) is 0 Å². The molecule has 0 aromatic heterocycles. The van der Waals surface area contributed by atoms with Gasteiger partial charge in [0.25, 0.3) is 0 Å². The van der Waals surface area contributed by atoms with Gasteiger partial charge in [0, 0.05) is 17.1 Å². The first kappa shape index (κ1) is 15.0. The molecule has 1 atom stereocenters. The summed E-state index contributed by atoms with van der Waals surface area (Å²) < 4.78 is 0. The van der Waals surface area contributed by atoms with Crippen LogP contribution in [0.4, 0.5) is 0 Å². The van der Waals surface area contributed by atoms with Crippen molar-refractivity contribution in [3.8, 4) is 0 Å². The van der Waals surface area contributed by atoms with Crippen molar-refractivity contribution in [2.24, 2.45) is 0 Å². The summed E-state index contributed by atoms with van der Waals surface area (Å²) in [6, 6.07) is 8.13. The van der Waals surface area contributed by atoms with E-state index in [9.17, 15) is 4.79 Å². The lowest BCUT2D eigenvalue weighted by atomic mass is 10.1. The number of hydrogen-bond donors (Lipinski definition) is 2. The summed E-state index contributed by atoms with van der Waals surface area (Å²) in [5.74, 6) is 0.0261. The third-order valence-electron chi connectivity index (χ3n) is 2.51. The Kier molecular flexibility index (Phi) is 6.16. The van der Waals surface area contributed by atoms with Crippen molar-refractivity contribution in [3.05, 3.63) is 34.9 Å². The van der Waals surface area contributed by atoms with E-state index in [0.717, 1.165) is 17.0 Å². The van der Waals surface area contributed by atoms with E-state index < -0.39 is 0 Å². The molecule has 3 nitrogen and oxygen atoms in total. The molecule has 0 spiro atoms. The van der Waals surface area contributed by atoms with E-state index in [0.29, 0.717) is 12.6 Å². The summed E-state index contributed by atoms with van der Waals surface area (Å²) in [6.07, 6.45) is 0.786. The second-order valence-electron chi connectivity index (χ2n) is 4.84. The summed E-state index contributed by atoms with van der Waals surface area (Å²) in [5.41, 5.74) is 1.13. The number of carbonyl (C=O) groups is 1. The molecule has 0 heterocycles. The lowest BCUT2D eigenvalue weighted by Gasteiger charge is -2.15. The van der Waals surface area contributed by atoms with Crippen LogP contribution in [0.25, 0.3) is 0 Å². The molecule has 1 rings (SSSR count). The van der Waals surface area contributed by atoms with Crippen molar-refractivity contribution in [1.82, 2.24) is 10.6 Å². The second kappa shape index (κ2) is 7.39. The lowest BCUT2D eigenvalue weighted by molar-refractivity contribution is -0.120. The maximum absolute atomic E-state index is 11.6. The summed E-state index contributed by atoms with van der Waals surface area (Å²) in [5, 5.41) is 6.78. The summed E-state index contributed by atoms with van der Waals surface area (Å²) in [7, 11) is 0. The number of carbonyl (C=O) groups excluding carboxylic acids is 1. The number of benzene rings is 1. The van der Waals surface area contributed by atoms with Gasteiger partial charge in [-0.3, -0.25) is 4.79 Å². The zero-order valence-electron chi connectivity index (χ0n) is 11.2. The maximum atomic E-state index is 11.6. The Hall–Kier alpha value is -1.06. The smallest absolute Gasteiger partial charge is 0.234 e. The van der Waals surface area contributed by atoms with Gasteiger partial charge in [-0.2, -0.15) is 0 Å². The van der Waals surface area contributed by atoms with Gasteiger partial charge in [0.2, 0.25) is 5.91 Å². The maximum Gasteiger partial charge on any atom is 0.234 e.